The Kier molecular flexibility index (Phi) is 4.73. The van der Waals surface area contributed by atoms with Gasteiger partial charge in [0.25, 0.3) is 0 Å². The average Bonchev–Trinajstić information content (AvgIpc) is 2.69. The van der Waals surface area contributed by atoms with Crippen molar-refractivity contribution in [2.75, 3.05) is 4.90 Å². The van der Waals surface area contributed by atoms with E-state index in [2.05, 4.69) is 30.3 Å². The first-order chi connectivity index (χ1) is 13.5. The number of halogens is 1. The van der Waals surface area contributed by atoms with Crippen LogP contribution in [0.2, 0.25) is 5.02 Å². The quantitative estimate of drug-likeness (QED) is 0.523. The Balaban J connectivity index is 1.81. The number of anilines is 1. The van der Waals surface area contributed by atoms with E-state index in [0.717, 1.165) is 33.5 Å². The Bertz CT molecular complexity index is 1140. The molecular weight excluding hydrogens is 368 g/mol. The average molecular weight is 385 g/mol. The number of nitriles is 1. The van der Waals surface area contributed by atoms with Crippen molar-refractivity contribution in [2.24, 2.45) is 0 Å². The second-order valence-electron chi connectivity index (χ2n) is 6.74. The van der Waals surface area contributed by atoms with E-state index in [4.69, 9.17) is 16.9 Å². The van der Waals surface area contributed by atoms with Crippen LogP contribution in [0, 0.1) is 11.3 Å². The van der Waals surface area contributed by atoms with Crippen LogP contribution in [0.25, 0.3) is 23.3 Å². The number of rotatable bonds is 1. The van der Waals surface area contributed by atoms with E-state index in [0.29, 0.717) is 17.1 Å². The molecule has 0 N–H and O–H groups in total. The Labute approximate surface area is 169 Å². The molecule has 0 fully saturated rings. The lowest BCUT2D eigenvalue weighted by Crippen LogP contribution is -2.29. The zero-order valence-electron chi connectivity index (χ0n) is 15.3. The summed E-state index contributed by atoms with van der Waals surface area (Å²) in [6, 6.07) is 21.5. The van der Waals surface area contributed by atoms with Gasteiger partial charge in [0.2, 0.25) is 5.91 Å². The van der Waals surface area contributed by atoms with Crippen molar-refractivity contribution in [1.29, 1.82) is 5.26 Å². The SMILES string of the molecule is CC(=O)N1Cc2ccc(-c3ccc(C#N)cc3)cc2C=Cc2cc(Cl)ccc21. The minimum Gasteiger partial charge on any atom is -0.308 e. The number of benzene rings is 3. The molecule has 0 atom stereocenters. The summed E-state index contributed by atoms with van der Waals surface area (Å²) in [5.41, 5.74) is 6.65. The third-order valence-electron chi connectivity index (χ3n) is 4.92. The monoisotopic (exact) mass is 384 g/mol. The number of carbonyl (C=O) groups is 1. The summed E-state index contributed by atoms with van der Waals surface area (Å²) in [6.45, 7) is 2.08. The van der Waals surface area contributed by atoms with E-state index >= 15 is 0 Å². The standard InChI is InChI=1S/C24H17ClN2O/c1-16(28)27-15-22-9-7-19(18-4-2-17(14-26)3-5-18)12-20(22)6-8-21-13-23(25)10-11-24(21)27/h2-13H,15H2,1H3. The molecule has 4 rings (SSSR count). The molecule has 0 spiro atoms. The van der Waals surface area contributed by atoms with Crippen LogP contribution in [0.4, 0.5) is 5.69 Å². The van der Waals surface area contributed by atoms with Gasteiger partial charge in [0.15, 0.2) is 0 Å². The predicted molar refractivity (Wildman–Crippen MR) is 114 cm³/mol. The highest BCUT2D eigenvalue weighted by molar-refractivity contribution is 6.30. The van der Waals surface area contributed by atoms with Crippen molar-refractivity contribution in [3.63, 3.8) is 0 Å². The molecule has 0 unspecified atom stereocenters. The molecule has 1 aliphatic rings. The topological polar surface area (TPSA) is 44.1 Å². The number of fused-ring (bicyclic) bond motifs is 2. The minimum absolute atomic E-state index is 0.0130. The number of hydrogen-bond acceptors (Lipinski definition) is 2. The highest BCUT2D eigenvalue weighted by atomic mass is 35.5. The van der Waals surface area contributed by atoms with Crippen LogP contribution in [0.1, 0.15) is 29.2 Å². The van der Waals surface area contributed by atoms with E-state index in [1.807, 2.05) is 42.5 Å². The lowest BCUT2D eigenvalue weighted by Gasteiger charge is -2.26. The summed E-state index contributed by atoms with van der Waals surface area (Å²) < 4.78 is 0. The molecule has 0 radical (unpaired) electrons. The summed E-state index contributed by atoms with van der Waals surface area (Å²) in [6.07, 6.45) is 4.06. The lowest BCUT2D eigenvalue weighted by molar-refractivity contribution is -0.116. The van der Waals surface area contributed by atoms with E-state index in [1.54, 1.807) is 17.9 Å². The Morgan fingerprint density at radius 2 is 1.68 bits per heavy atom. The van der Waals surface area contributed by atoms with Crippen LogP contribution in [0.5, 0.6) is 0 Å². The van der Waals surface area contributed by atoms with Crippen molar-refractivity contribution >= 4 is 35.3 Å². The first-order valence-electron chi connectivity index (χ1n) is 8.94. The third kappa shape index (κ3) is 3.43. The Morgan fingerprint density at radius 3 is 2.39 bits per heavy atom. The summed E-state index contributed by atoms with van der Waals surface area (Å²) in [7, 11) is 0. The summed E-state index contributed by atoms with van der Waals surface area (Å²) in [5, 5.41) is 9.62. The number of hydrogen-bond donors (Lipinski definition) is 0. The fourth-order valence-electron chi connectivity index (χ4n) is 3.43. The van der Waals surface area contributed by atoms with Crippen molar-refractivity contribution in [2.45, 2.75) is 13.5 Å². The van der Waals surface area contributed by atoms with Crippen molar-refractivity contribution in [1.82, 2.24) is 0 Å². The van der Waals surface area contributed by atoms with Crippen molar-refractivity contribution < 1.29 is 4.79 Å². The van der Waals surface area contributed by atoms with Gasteiger partial charge in [-0.15, -0.1) is 0 Å². The smallest absolute Gasteiger partial charge is 0.224 e. The lowest BCUT2D eigenvalue weighted by atomic mass is 9.96. The zero-order chi connectivity index (χ0) is 19.7. The van der Waals surface area contributed by atoms with Gasteiger partial charge in [0, 0.05) is 11.9 Å². The van der Waals surface area contributed by atoms with Gasteiger partial charge < -0.3 is 4.90 Å². The molecule has 3 nitrogen and oxygen atoms in total. The molecule has 0 bridgehead atoms. The summed E-state index contributed by atoms with van der Waals surface area (Å²) in [4.78, 5) is 14.1. The summed E-state index contributed by atoms with van der Waals surface area (Å²) in [5.74, 6) is -0.0130. The van der Waals surface area contributed by atoms with E-state index in [-0.39, 0.29) is 5.91 Å². The molecule has 0 aromatic heterocycles. The van der Waals surface area contributed by atoms with Crippen LogP contribution in [0.15, 0.2) is 60.7 Å². The van der Waals surface area contributed by atoms with Crippen LogP contribution < -0.4 is 4.90 Å². The molecule has 136 valence electrons. The Hall–Kier alpha value is -3.35. The van der Waals surface area contributed by atoms with Gasteiger partial charge in [-0.3, -0.25) is 4.79 Å². The van der Waals surface area contributed by atoms with E-state index < -0.39 is 0 Å². The molecule has 0 aliphatic carbocycles. The maximum atomic E-state index is 12.3. The third-order valence-corrected chi connectivity index (χ3v) is 5.16. The highest BCUT2D eigenvalue weighted by Crippen LogP contribution is 2.32. The number of amides is 1. The first kappa shape index (κ1) is 18.0. The molecule has 1 heterocycles. The second kappa shape index (κ2) is 7.34. The normalized spacial score (nSPS) is 12.4. The fraction of sp³-hybridized carbons (Fsp3) is 0.0833. The minimum atomic E-state index is -0.0130. The van der Waals surface area contributed by atoms with E-state index in [9.17, 15) is 4.79 Å². The van der Waals surface area contributed by atoms with Crippen LogP contribution in [-0.2, 0) is 11.3 Å². The van der Waals surface area contributed by atoms with Gasteiger partial charge in [0.05, 0.1) is 23.9 Å². The van der Waals surface area contributed by atoms with Crippen molar-refractivity contribution in [3.05, 3.63) is 87.9 Å². The second-order valence-corrected chi connectivity index (χ2v) is 7.18. The first-order valence-corrected chi connectivity index (χ1v) is 9.32. The number of nitrogens with zero attached hydrogens (tertiary/aromatic N) is 2. The van der Waals surface area contributed by atoms with Gasteiger partial charge in [-0.2, -0.15) is 5.26 Å². The highest BCUT2D eigenvalue weighted by Gasteiger charge is 2.19. The van der Waals surface area contributed by atoms with Crippen LogP contribution >= 0.6 is 11.6 Å². The molecule has 4 heteroatoms. The Morgan fingerprint density at radius 1 is 0.964 bits per heavy atom. The van der Waals surface area contributed by atoms with E-state index in [1.165, 1.54) is 0 Å². The van der Waals surface area contributed by atoms with Gasteiger partial charge in [-0.1, -0.05) is 48.0 Å². The zero-order valence-corrected chi connectivity index (χ0v) is 16.1. The van der Waals surface area contributed by atoms with Crippen LogP contribution in [0.3, 0.4) is 0 Å². The molecule has 0 saturated heterocycles. The van der Waals surface area contributed by atoms with Gasteiger partial charge >= 0.3 is 0 Å². The van der Waals surface area contributed by atoms with Gasteiger partial charge in [-0.25, -0.2) is 0 Å². The predicted octanol–water partition coefficient (Wildman–Crippen LogP) is 5.92. The number of carbonyl (C=O) groups excluding carboxylic acids is 1. The molecule has 1 aliphatic heterocycles. The molecule has 1 amide bonds. The van der Waals surface area contributed by atoms with Gasteiger partial charge in [0.1, 0.15) is 0 Å². The maximum Gasteiger partial charge on any atom is 0.224 e. The van der Waals surface area contributed by atoms with Gasteiger partial charge in [-0.05, 0) is 64.2 Å². The molecule has 3 aromatic rings. The molecule has 3 aromatic carbocycles. The maximum absolute atomic E-state index is 12.3. The van der Waals surface area contributed by atoms with Crippen LogP contribution in [-0.4, -0.2) is 5.91 Å². The van der Waals surface area contributed by atoms with Crippen molar-refractivity contribution in [3.8, 4) is 17.2 Å². The molecular formula is C24H17ClN2O. The fourth-order valence-corrected chi connectivity index (χ4v) is 3.61. The summed E-state index contributed by atoms with van der Waals surface area (Å²) >= 11 is 6.17. The largest absolute Gasteiger partial charge is 0.308 e. The molecule has 28 heavy (non-hydrogen) atoms. The molecule has 0 saturated carbocycles.